The summed E-state index contributed by atoms with van der Waals surface area (Å²) in [7, 11) is 2.00. The number of benzene rings is 1. The van der Waals surface area contributed by atoms with Crippen LogP contribution >= 0.6 is 11.6 Å². The Balaban J connectivity index is 2.35. The van der Waals surface area contributed by atoms with Crippen molar-refractivity contribution in [1.29, 1.82) is 0 Å². The quantitative estimate of drug-likeness (QED) is 0.808. The van der Waals surface area contributed by atoms with E-state index >= 15 is 0 Å². The number of rotatable bonds is 2. The van der Waals surface area contributed by atoms with Crippen molar-refractivity contribution in [3.8, 4) is 0 Å². The molecule has 0 bridgehead atoms. The minimum Gasteiger partial charge on any atom is -0.314 e. The van der Waals surface area contributed by atoms with Crippen LogP contribution in [0.2, 0.25) is 5.02 Å². The van der Waals surface area contributed by atoms with Crippen LogP contribution in [0.1, 0.15) is 24.5 Å². The first kappa shape index (κ1) is 10.7. The van der Waals surface area contributed by atoms with Gasteiger partial charge in [0.1, 0.15) is 0 Å². The highest BCUT2D eigenvalue weighted by molar-refractivity contribution is 6.30. The lowest BCUT2D eigenvalue weighted by Gasteiger charge is -2.21. The van der Waals surface area contributed by atoms with Gasteiger partial charge in [-0.3, -0.25) is 0 Å². The predicted molar refractivity (Wildman–Crippen MR) is 66.3 cm³/mol. The number of halogens is 1. The molecule has 2 heteroatoms. The summed E-state index contributed by atoms with van der Waals surface area (Å²) in [4.78, 5) is 0. The van der Waals surface area contributed by atoms with Crippen molar-refractivity contribution < 1.29 is 0 Å². The Morgan fingerprint density at radius 2 is 2.13 bits per heavy atom. The average molecular weight is 222 g/mol. The van der Waals surface area contributed by atoms with Crippen LogP contribution in [0, 0.1) is 0 Å². The zero-order chi connectivity index (χ0) is 10.8. The Kier molecular flexibility index (Phi) is 3.13. The number of hydrogen-bond donors (Lipinski definition) is 1. The molecule has 15 heavy (non-hydrogen) atoms. The van der Waals surface area contributed by atoms with Crippen molar-refractivity contribution >= 4 is 17.7 Å². The second kappa shape index (κ2) is 4.38. The summed E-state index contributed by atoms with van der Waals surface area (Å²) in [6.45, 7) is 2.20. The average Bonchev–Trinajstić information content (AvgIpc) is 2.27. The molecule has 80 valence electrons. The lowest BCUT2D eigenvalue weighted by molar-refractivity contribution is 0.660. The molecule has 1 atom stereocenters. The van der Waals surface area contributed by atoms with Crippen LogP contribution in [0.25, 0.3) is 6.08 Å². The maximum atomic E-state index is 5.99. The molecule has 0 saturated heterocycles. The zero-order valence-corrected chi connectivity index (χ0v) is 9.93. The van der Waals surface area contributed by atoms with Gasteiger partial charge in [-0.15, -0.1) is 0 Å². The molecule has 1 aromatic rings. The predicted octanol–water partition coefficient (Wildman–Crippen LogP) is 3.28. The standard InChI is InChI=1S/C13H16ClN/c1-9(15-2)11-4-3-10-5-6-13(14)8-12(10)7-11/h5-9,15H,3-4H2,1-2H3. The van der Waals surface area contributed by atoms with Crippen molar-refractivity contribution in [3.63, 3.8) is 0 Å². The van der Waals surface area contributed by atoms with Crippen molar-refractivity contribution in [2.45, 2.75) is 25.8 Å². The summed E-state index contributed by atoms with van der Waals surface area (Å²) in [5, 5.41) is 4.10. The number of aryl methyl sites for hydroxylation is 1. The van der Waals surface area contributed by atoms with Gasteiger partial charge in [0.2, 0.25) is 0 Å². The van der Waals surface area contributed by atoms with Gasteiger partial charge < -0.3 is 5.32 Å². The van der Waals surface area contributed by atoms with Gasteiger partial charge in [0, 0.05) is 11.1 Å². The maximum absolute atomic E-state index is 5.99. The Morgan fingerprint density at radius 1 is 1.33 bits per heavy atom. The van der Waals surface area contributed by atoms with E-state index in [2.05, 4.69) is 30.4 Å². The number of likely N-dealkylation sites (N-methyl/N-ethyl adjacent to an activating group) is 1. The third-order valence-corrected chi connectivity index (χ3v) is 3.36. The van der Waals surface area contributed by atoms with Crippen LogP contribution in [0.4, 0.5) is 0 Å². The molecule has 0 fully saturated rings. The number of fused-ring (bicyclic) bond motifs is 1. The lowest BCUT2D eigenvalue weighted by Crippen LogP contribution is -2.24. The largest absolute Gasteiger partial charge is 0.314 e. The summed E-state index contributed by atoms with van der Waals surface area (Å²) in [5.41, 5.74) is 4.16. The normalized spacial score (nSPS) is 16.9. The van der Waals surface area contributed by atoms with Crippen LogP contribution < -0.4 is 5.32 Å². The molecule has 0 heterocycles. The summed E-state index contributed by atoms with van der Waals surface area (Å²) in [5.74, 6) is 0. The third kappa shape index (κ3) is 2.24. The van der Waals surface area contributed by atoms with E-state index in [0.29, 0.717) is 6.04 Å². The van der Waals surface area contributed by atoms with Crippen LogP contribution in [0.5, 0.6) is 0 Å². The van der Waals surface area contributed by atoms with Gasteiger partial charge in [0.05, 0.1) is 0 Å². The summed E-state index contributed by atoms with van der Waals surface area (Å²) < 4.78 is 0. The lowest BCUT2D eigenvalue weighted by atomic mass is 9.89. The summed E-state index contributed by atoms with van der Waals surface area (Å²) in [6, 6.07) is 6.62. The Bertz CT molecular complexity index is 396. The fraction of sp³-hybridized carbons (Fsp3) is 0.385. The van der Waals surface area contributed by atoms with E-state index in [0.717, 1.165) is 17.9 Å². The molecule has 0 aromatic heterocycles. The first-order chi connectivity index (χ1) is 7.20. The molecule has 0 aliphatic heterocycles. The minimum atomic E-state index is 0.456. The van der Waals surface area contributed by atoms with Gasteiger partial charge in [-0.1, -0.05) is 29.3 Å². The molecular formula is C13H16ClN. The minimum absolute atomic E-state index is 0.456. The van der Waals surface area contributed by atoms with Crippen molar-refractivity contribution in [2.75, 3.05) is 7.05 Å². The van der Waals surface area contributed by atoms with Gasteiger partial charge in [-0.2, -0.15) is 0 Å². The first-order valence-corrected chi connectivity index (χ1v) is 5.74. The van der Waals surface area contributed by atoms with E-state index < -0.39 is 0 Å². The topological polar surface area (TPSA) is 12.0 Å². The van der Waals surface area contributed by atoms with Crippen molar-refractivity contribution in [3.05, 3.63) is 39.9 Å². The molecule has 0 spiro atoms. The van der Waals surface area contributed by atoms with E-state index in [1.807, 2.05) is 13.1 Å². The van der Waals surface area contributed by atoms with E-state index in [4.69, 9.17) is 11.6 Å². The fourth-order valence-corrected chi connectivity index (χ4v) is 2.19. The first-order valence-electron chi connectivity index (χ1n) is 5.37. The van der Waals surface area contributed by atoms with Gasteiger partial charge in [-0.25, -0.2) is 0 Å². The van der Waals surface area contributed by atoms with Gasteiger partial charge in [0.25, 0.3) is 0 Å². The molecule has 1 N–H and O–H groups in total. The van der Waals surface area contributed by atoms with Gasteiger partial charge >= 0.3 is 0 Å². The molecular weight excluding hydrogens is 206 g/mol. The maximum Gasteiger partial charge on any atom is 0.0412 e. The van der Waals surface area contributed by atoms with Crippen LogP contribution in [-0.4, -0.2) is 13.1 Å². The number of nitrogens with one attached hydrogen (secondary N) is 1. The van der Waals surface area contributed by atoms with E-state index in [1.165, 1.54) is 16.7 Å². The molecule has 1 aromatic carbocycles. The molecule has 2 rings (SSSR count). The highest BCUT2D eigenvalue weighted by Gasteiger charge is 2.13. The highest BCUT2D eigenvalue weighted by atomic mass is 35.5. The third-order valence-electron chi connectivity index (χ3n) is 3.12. The molecule has 0 amide bonds. The molecule has 0 saturated carbocycles. The SMILES string of the molecule is CNC(C)C1=Cc2cc(Cl)ccc2CC1. The van der Waals surface area contributed by atoms with Crippen molar-refractivity contribution in [2.24, 2.45) is 0 Å². The fourth-order valence-electron chi connectivity index (χ4n) is 2.01. The van der Waals surface area contributed by atoms with Crippen molar-refractivity contribution in [1.82, 2.24) is 5.32 Å². The number of hydrogen-bond acceptors (Lipinski definition) is 1. The van der Waals surface area contributed by atoms with Crippen LogP contribution in [0.15, 0.2) is 23.8 Å². The summed E-state index contributed by atoms with van der Waals surface area (Å²) in [6.07, 6.45) is 4.55. The molecule has 1 aliphatic rings. The molecule has 1 nitrogen and oxygen atoms in total. The Labute approximate surface area is 96.1 Å². The second-order valence-electron chi connectivity index (χ2n) is 4.07. The highest BCUT2D eigenvalue weighted by Crippen LogP contribution is 2.27. The monoisotopic (exact) mass is 221 g/mol. The van der Waals surface area contributed by atoms with Gasteiger partial charge in [0.15, 0.2) is 0 Å². The van der Waals surface area contributed by atoms with Crippen LogP contribution in [-0.2, 0) is 6.42 Å². The molecule has 1 aliphatic carbocycles. The summed E-state index contributed by atoms with van der Waals surface area (Å²) >= 11 is 5.99. The van der Waals surface area contributed by atoms with Gasteiger partial charge in [-0.05, 0) is 50.1 Å². The zero-order valence-electron chi connectivity index (χ0n) is 9.18. The van der Waals surface area contributed by atoms with E-state index in [9.17, 15) is 0 Å². The van der Waals surface area contributed by atoms with Crippen LogP contribution in [0.3, 0.4) is 0 Å². The Hall–Kier alpha value is -0.790. The Morgan fingerprint density at radius 3 is 2.87 bits per heavy atom. The van der Waals surface area contributed by atoms with E-state index in [1.54, 1.807) is 0 Å². The molecule has 1 unspecified atom stereocenters. The van der Waals surface area contributed by atoms with E-state index in [-0.39, 0.29) is 0 Å². The molecule has 0 radical (unpaired) electrons. The second-order valence-corrected chi connectivity index (χ2v) is 4.51. The smallest absolute Gasteiger partial charge is 0.0412 e.